The van der Waals surface area contributed by atoms with Crippen LogP contribution in [0.15, 0.2) is 18.2 Å². The van der Waals surface area contributed by atoms with E-state index in [1.54, 1.807) is 0 Å². The molecule has 2 aliphatic rings. The number of carbonyl (C=O) groups excluding carboxylic acids is 1. The monoisotopic (exact) mass is 308 g/mol. The number of halogens is 1. The van der Waals surface area contributed by atoms with Gasteiger partial charge in [0.05, 0.1) is 0 Å². The van der Waals surface area contributed by atoms with Gasteiger partial charge in [-0.25, -0.2) is 0 Å². The van der Waals surface area contributed by atoms with Crippen LogP contribution >= 0.6 is 12.4 Å². The van der Waals surface area contributed by atoms with E-state index < -0.39 is 0 Å². The average Bonchev–Trinajstić information content (AvgIpc) is 2.43. The van der Waals surface area contributed by atoms with Gasteiger partial charge in [-0.3, -0.25) is 4.79 Å². The molecule has 1 aromatic rings. The third-order valence-electron chi connectivity index (χ3n) is 4.61. The second-order valence-electron chi connectivity index (χ2n) is 6.26. The van der Waals surface area contributed by atoms with E-state index in [2.05, 4.69) is 29.7 Å². The van der Waals surface area contributed by atoms with E-state index in [1.165, 1.54) is 30.4 Å². The first-order valence-corrected chi connectivity index (χ1v) is 7.85. The van der Waals surface area contributed by atoms with Crippen LogP contribution in [0.25, 0.3) is 0 Å². The van der Waals surface area contributed by atoms with Gasteiger partial charge in [-0.05, 0) is 75.7 Å². The molecule has 3 rings (SSSR count). The van der Waals surface area contributed by atoms with Crippen molar-refractivity contribution in [3.63, 3.8) is 0 Å². The van der Waals surface area contributed by atoms with Crippen molar-refractivity contribution in [2.24, 2.45) is 0 Å². The van der Waals surface area contributed by atoms with Crippen LogP contribution in [0.2, 0.25) is 0 Å². The zero-order chi connectivity index (χ0) is 13.9. The molecule has 0 radical (unpaired) electrons. The first-order chi connectivity index (χ1) is 9.72. The molecule has 2 fully saturated rings. The number of hydrogen-bond donors (Lipinski definition) is 2. The third-order valence-corrected chi connectivity index (χ3v) is 4.61. The van der Waals surface area contributed by atoms with Gasteiger partial charge in [-0.2, -0.15) is 0 Å². The fraction of sp³-hybridized carbons (Fsp3) is 0.588. The standard InChI is InChI=1S/C17H24N2O.ClH/c1-12-9-14(13-5-7-18-8-6-13)11-15(10-12)17(20)19-16-3-2-4-16;/h9-11,13,16,18H,2-8H2,1H3,(H,19,20);1H. The zero-order valence-electron chi connectivity index (χ0n) is 12.7. The summed E-state index contributed by atoms with van der Waals surface area (Å²) >= 11 is 0. The van der Waals surface area contributed by atoms with Gasteiger partial charge in [0.1, 0.15) is 0 Å². The van der Waals surface area contributed by atoms with Crippen LogP contribution in [0.4, 0.5) is 0 Å². The van der Waals surface area contributed by atoms with Crippen LogP contribution in [0.3, 0.4) is 0 Å². The molecule has 1 saturated heterocycles. The molecule has 4 heteroatoms. The van der Waals surface area contributed by atoms with E-state index in [9.17, 15) is 4.79 Å². The molecule has 0 spiro atoms. The highest BCUT2D eigenvalue weighted by molar-refractivity contribution is 5.94. The summed E-state index contributed by atoms with van der Waals surface area (Å²) in [5, 5.41) is 6.54. The highest BCUT2D eigenvalue weighted by Crippen LogP contribution is 2.27. The van der Waals surface area contributed by atoms with Gasteiger partial charge in [0, 0.05) is 11.6 Å². The molecule has 0 aromatic heterocycles. The Morgan fingerprint density at radius 1 is 1.14 bits per heavy atom. The summed E-state index contributed by atoms with van der Waals surface area (Å²) in [6.45, 7) is 4.26. The number of benzene rings is 1. The van der Waals surface area contributed by atoms with Gasteiger partial charge in [0.25, 0.3) is 5.91 Å². The van der Waals surface area contributed by atoms with E-state index in [0.29, 0.717) is 12.0 Å². The van der Waals surface area contributed by atoms with Crippen molar-refractivity contribution in [1.82, 2.24) is 10.6 Å². The summed E-state index contributed by atoms with van der Waals surface area (Å²) in [5.74, 6) is 0.708. The van der Waals surface area contributed by atoms with Crippen LogP contribution in [-0.4, -0.2) is 25.0 Å². The predicted molar refractivity (Wildman–Crippen MR) is 88.4 cm³/mol. The Morgan fingerprint density at radius 3 is 2.48 bits per heavy atom. The minimum atomic E-state index is 0. The van der Waals surface area contributed by atoms with E-state index in [1.807, 2.05) is 6.07 Å². The molecule has 3 nitrogen and oxygen atoms in total. The number of hydrogen-bond acceptors (Lipinski definition) is 2. The molecule has 1 aromatic carbocycles. The second kappa shape index (κ2) is 7.28. The molecule has 1 aliphatic carbocycles. The van der Waals surface area contributed by atoms with Crippen molar-refractivity contribution in [3.05, 3.63) is 34.9 Å². The summed E-state index contributed by atoms with van der Waals surface area (Å²) in [6, 6.07) is 6.77. The van der Waals surface area contributed by atoms with Crippen LogP contribution in [0, 0.1) is 6.92 Å². The number of amides is 1. The molecule has 1 aliphatic heterocycles. The minimum absolute atomic E-state index is 0. The van der Waals surface area contributed by atoms with Gasteiger partial charge in [-0.15, -0.1) is 12.4 Å². The average molecular weight is 309 g/mol. The molecule has 1 heterocycles. The maximum atomic E-state index is 12.3. The van der Waals surface area contributed by atoms with Crippen molar-refractivity contribution in [3.8, 4) is 0 Å². The summed E-state index contributed by atoms with van der Waals surface area (Å²) in [5.41, 5.74) is 3.37. The largest absolute Gasteiger partial charge is 0.349 e. The molecule has 1 amide bonds. The van der Waals surface area contributed by atoms with Crippen LogP contribution in [0.5, 0.6) is 0 Å². The molecule has 0 atom stereocenters. The van der Waals surface area contributed by atoms with E-state index >= 15 is 0 Å². The topological polar surface area (TPSA) is 41.1 Å². The lowest BCUT2D eigenvalue weighted by atomic mass is 9.88. The SMILES string of the molecule is Cc1cc(C(=O)NC2CCC2)cc(C2CCNCC2)c1.Cl. The molecule has 2 N–H and O–H groups in total. The summed E-state index contributed by atoms with van der Waals surface area (Å²) < 4.78 is 0. The molecular weight excluding hydrogens is 284 g/mol. The van der Waals surface area contributed by atoms with Crippen LogP contribution < -0.4 is 10.6 Å². The Kier molecular flexibility index (Phi) is 5.65. The fourth-order valence-corrected chi connectivity index (χ4v) is 3.16. The smallest absolute Gasteiger partial charge is 0.251 e. The van der Waals surface area contributed by atoms with Crippen molar-refractivity contribution in [2.45, 2.75) is 51.0 Å². The molecule has 0 bridgehead atoms. The minimum Gasteiger partial charge on any atom is -0.349 e. The van der Waals surface area contributed by atoms with Crippen LogP contribution in [0.1, 0.15) is 59.5 Å². The number of nitrogens with one attached hydrogen (secondary N) is 2. The number of rotatable bonds is 3. The lowest BCUT2D eigenvalue weighted by molar-refractivity contribution is 0.0916. The normalized spacial score (nSPS) is 19.5. The Balaban J connectivity index is 0.00000161. The number of carbonyl (C=O) groups is 1. The van der Waals surface area contributed by atoms with Gasteiger partial charge >= 0.3 is 0 Å². The third kappa shape index (κ3) is 3.98. The number of piperidine rings is 1. The Morgan fingerprint density at radius 2 is 1.86 bits per heavy atom. The quantitative estimate of drug-likeness (QED) is 0.900. The second-order valence-corrected chi connectivity index (χ2v) is 6.26. The zero-order valence-corrected chi connectivity index (χ0v) is 13.5. The summed E-state index contributed by atoms with van der Waals surface area (Å²) in [6.07, 6.45) is 5.87. The maximum absolute atomic E-state index is 12.3. The molecule has 1 saturated carbocycles. The predicted octanol–water partition coefficient (Wildman–Crippen LogP) is 3.17. The van der Waals surface area contributed by atoms with Crippen molar-refractivity contribution >= 4 is 18.3 Å². The van der Waals surface area contributed by atoms with Gasteiger partial charge in [0.15, 0.2) is 0 Å². The Labute approximate surface area is 133 Å². The maximum Gasteiger partial charge on any atom is 0.251 e. The van der Waals surface area contributed by atoms with Gasteiger partial charge < -0.3 is 10.6 Å². The highest BCUT2D eigenvalue weighted by atomic mass is 35.5. The van der Waals surface area contributed by atoms with Gasteiger partial charge in [-0.1, -0.05) is 11.6 Å². The highest BCUT2D eigenvalue weighted by Gasteiger charge is 2.21. The van der Waals surface area contributed by atoms with Crippen molar-refractivity contribution in [2.75, 3.05) is 13.1 Å². The van der Waals surface area contributed by atoms with E-state index in [4.69, 9.17) is 0 Å². The molecule has 0 unspecified atom stereocenters. The van der Waals surface area contributed by atoms with Gasteiger partial charge in [0.2, 0.25) is 0 Å². The van der Waals surface area contributed by atoms with Crippen molar-refractivity contribution in [1.29, 1.82) is 0 Å². The van der Waals surface area contributed by atoms with Crippen molar-refractivity contribution < 1.29 is 4.79 Å². The first kappa shape index (κ1) is 16.3. The van der Waals surface area contributed by atoms with E-state index in [-0.39, 0.29) is 18.3 Å². The lowest BCUT2D eigenvalue weighted by Gasteiger charge is -2.27. The molecular formula is C17H25ClN2O. The van der Waals surface area contributed by atoms with E-state index in [0.717, 1.165) is 31.5 Å². The summed E-state index contributed by atoms with van der Waals surface area (Å²) in [7, 11) is 0. The fourth-order valence-electron chi connectivity index (χ4n) is 3.16. The molecule has 116 valence electrons. The Hall–Kier alpha value is -1.06. The lowest BCUT2D eigenvalue weighted by Crippen LogP contribution is -2.39. The first-order valence-electron chi connectivity index (χ1n) is 7.85. The van der Waals surface area contributed by atoms with Crippen LogP contribution in [-0.2, 0) is 0 Å². The molecule has 21 heavy (non-hydrogen) atoms. The Bertz CT molecular complexity index is 494. The summed E-state index contributed by atoms with van der Waals surface area (Å²) in [4.78, 5) is 12.3. The number of aryl methyl sites for hydroxylation is 1.